The van der Waals surface area contributed by atoms with Crippen LogP contribution in [-0.2, 0) is 16.0 Å². The molecule has 4 nitrogen and oxygen atoms in total. The topological polar surface area (TPSA) is 36.3 Å². The quantitative estimate of drug-likeness (QED) is 0.759. The molecule has 0 atom stereocenters. The van der Waals surface area contributed by atoms with Crippen molar-refractivity contribution in [2.45, 2.75) is 39.0 Å². The maximum atomic E-state index is 5.54. The molecule has 1 aliphatic rings. The molecule has 1 aromatic heterocycles. The van der Waals surface area contributed by atoms with E-state index >= 15 is 0 Å². The Balaban J connectivity index is 1.77. The smallest absolute Gasteiger partial charge is 0.165 e. The van der Waals surface area contributed by atoms with Gasteiger partial charge in [0.2, 0.25) is 0 Å². The van der Waals surface area contributed by atoms with Gasteiger partial charge in [0.25, 0.3) is 0 Å². The Kier molecular flexibility index (Phi) is 3.07. The summed E-state index contributed by atoms with van der Waals surface area (Å²) in [4.78, 5) is 4.18. The second-order valence-corrected chi connectivity index (χ2v) is 4.10. The summed E-state index contributed by atoms with van der Waals surface area (Å²) < 4.78 is 13.2. The van der Waals surface area contributed by atoms with E-state index in [2.05, 4.69) is 9.55 Å². The summed E-state index contributed by atoms with van der Waals surface area (Å²) in [5.74, 6) is 0.711. The van der Waals surface area contributed by atoms with Gasteiger partial charge in [0, 0.05) is 25.4 Å². The number of aromatic nitrogens is 2. The fourth-order valence-corrected chi connectivity index (χ4v) is 1.91. The third-order valence-electron chi connectivity index (χ3n) is 2.85. The summed E-state index contributed by atoms with van der Waals surface area (Å²) in [6.07, 6.45) is 5.83. The number of ether oxygens (including phenoxy) is 2. The van der Waals surface area contributed by atoms with Gasteiger partial charge in [-0.3, -0.25) is 0 Å². The lowest BCUT2D eigenvalue weighted by Crippen LogP contribution is -2.25. The van der Waals surface area contributed by atoms with Crippen LogP contribution < -0.4 is 0 Å². The highest BCUT2D eigenvalue weighted by molar-refractivity contribution is 4.88. The first-order valence-electron chi connectivity index (χ1n) is 5.45. The average Bonchev–Trinajstić information content (AvgIpc) is 2.78. The SMILES string of the molecule is Cc1nccn1CCCC1(C)OCCO1. The third-order valence-corrected chi connectivity index (χ3v) is 2.85. The summed E-state index contributed by atoms with van der Waals surface area (Å²) in [6.45, 7) is 6.46. The second-order valence-electron chi connectivity index (χ2n) is 4.10. The van der Waals surface area contributed by atoms with Crippen LogP contribution in [0, 0.1) is 6.92 Å². The van der Waals surface area contributed by atoms with Gasteiger partial charge < -0.3 is 14.0 Å². The molecule has 0 N–H and O–H groups in total. The molecule has 0 aliphatic carbocycles. The fourth-order valence-electron chi connectivity index (χ4n) is 1.91. The van der Waals surface area contributed by atoms with E-state index in [4.69, 9.17) is 9.47 Å². The van der Waals surface area contributed by atoms with Crippen LogP contribution in [0.2, 0.25) is 0 Å². The van der Waals surface area contributed by atoms with Gasteiger partial charge in [-0.25, -0.2) is 4.98 Å². The third kappa shape index (κ3) is 2.58. The summed E-state index contributed by atoms with van der Waals surface area (Å²) in [5, 5.41) is 0. The van der Waals surface area contributed by atoms with E-state index in [0.29, 0.717) is 0 Å². The van der Waals surface area contributed by atoms with Crippen LogP contribution in [0.3, 0.4) is 0 Å². The number of rotatable bonds is 4. The zero-order valence-electron chi connectivity index (χ0n) is 9.40. The van der Waals surface area contributed by atoms with Gasteiger partial charge in [-0.05, 0) is 20.3 Å². The largest absolute Gasteiger partial charge is 0.348 e. The molecule has 0 aromatic carbocycles. The van der Waals surface area contributed by atoms with E-state index in [1.165, 1.54) is 0 Å². The van der Waals surface area contributed by atoms with Gasteiger partial charge in [0.15, 0.2) is 5.79 Å². The lowest BCUT2D eigenvalue weighted by molar-refractivity contribution is -0.147. The van der Waals surface area contributed by atoms with Crippen LogP contribution in [-0.4, -0.2) is 28.6 Å². The van der Waals surface area contributed by atoms with Crippen molar-refractivity contribution in [3.8, 4) is 0 Å². The molecule has 0 radical (unpaired) electrons. The minimum absolute atomic E-state index is 0.353. The van der Waals surface area contributed by atoms with Crippen molar-refractivity contribution in [3.63, 3.8) is 0 Å². The predicted octanol–water partition coefficient (Wildman–Crippen LogP) is 1.73. The molecule has 2 heterocycles. The molecule has 0 spiro atoms. The summed E-state index contributed by atoms with van der Waals surface area (Å²) in [7, 11) is 0. The van der Waals surface area contributed by atoms with E-state index in [1.54, 1.807) is 0 Å². The summed E-state index contributed by atoms with van der Waals surface area (Å²) in [6, 6.07) is 0. The minimum atomic E-state index is -0.353. The average molecular weight is 210 g/mol. The Morgan fingerprint density at radius 1 is 1.47 bits per heavy atom. The predicted molar refractivity (Wildman–Crippen MR) is 56.5 cm³/mol. The highest BCUT2D eigenvalue weighted by Gasteiger charge is 2.29. The molecule has 0 unspecified atom stereocenters. The van der Waals surface area contributed by atoms with Crippen molar-refractivity contribution < 1.29 is 9.47 Å². The Bertz CT molecular complexity index is 316. The maximum absolute atomic E-state index is 5.54. The van der Waals surface area contributed by atoms with Crippen LogP contribution in [0.4, 0.5) is 0 Å². The molecule has 1 saturated heterocycles. The van der Waals surface area contributed by atoms with Gasteiger partial charge in [0.1, 0.15) is 5.82 Å². The molecule has 1 aromatic rings. The molecule has 4 heteroatoms. The van der Waals surface area contributed by atoms with Crippen molar-refractivity contribution in [2.24, 2.45) is 0 Å². The molecule has 0 bridgehead atoms. The van der Waals surface area contributed by atoms with Gasteiger partial charge in [0.05, 0.1) is 13.2 Å². The van der Waals surface area contributed by atoms with Crippen LogP contribution in [0.5, 0.6) is 0 Å². The zero-order chi connectivity index (χ0) is 10.7. The molecule has 2 rings (SSSR count). The monoisotopic (exact) mass is 210 g/mol. The van der Waals surface area contributed by atoms with Crippen LogP contribution in [0.1, 0.15) is 25.6 Å². The Morgan fingerprint density at radius 3 is 2.80 bits per heavy atom. The second kappa shape index (κ2) is 4.33. The van der Waals surface area contributed by atoms with Crippen molar-refractivity contribution >= 4 is 0 Å². The Labute approximate surface area is 90.2 Å². The lowest BCUT2D eigenvalue weighted by atomic mass is 10.1. The molecule has 84 valence electrons. The minimum Gasteiger partial charge on any atom is -0.348 e. The number of nitrogens with zero attached hydrogens (tertiary/aromatic N) is 2. The van der Waals surface area contributed by atoms with Crippen molar-refractivity contribution in [3.05, 3.63) is 18.2 Å². The summed E-state index contributed by atoms with van der Waals surface area (Å²) >= 11 is 0. The maximum Gasteiger partial charge on any atom is 0.165 e. The van der Waals surface area contributed by atoms with Gasteiger partial charge >= 0.3 is 0 Å². The number of hydrogen-bond donors (Lipinski definition) is 0. The fraction of sp³-hybridized carbons (Fsp3) is 0.727. The Hall–Kier alpha value is -0.870. The van der Waals surface area contributed by atoms with E-state index in [-0.39, 0.29) is 5.79 Å². The first-order chi connectivity index (χ1) is 7.20. The standard InChI is InChI=1S/C11H18N2O2/c1-10-12-5-7-13(10)6-3-4-11(2)14-8-9-15-11/h5,7H,3-4,6,8-9H2,1-2H3. The molecule has 0 amide bonds. The molecular formula is C11H18N2O2. The zero-order valence-corrected chi connectivity index (χ0v) is 9.40. The van der Waals surface area contributed by atoms with E-state index in [9.17, 15) is 0 Å². The van der Waals surface area contributed by atoms with E-state index in [1.807, 2.05) is 26.2 Å². The van der Waals surface area contributed by atoms with Crippen molar-refractivity contribution in [1.29, 1.82) is 0 Å². The first kappa shape index (κ1) is 10.6. The van der Waals surface area contributed by atoms with E-state index in [0.717, 1.165) is 38.4 Å². The molecule has 1 fully saturated rings. The normalized spacial score (nSPS) is 19.6. The molecule has 0 saturated carbocycles. The number of hydrogen-bond acceptors (Lipinski definition) is 3. The van der Waals surface area contributed by atoms with Crippen LogP contribution in [0.25, 0.3) is 0 Å². The number of imidazole rings is 1. The number of aryl methyl sites for hydroxylation is 2. The van der Waals surface area contributed by atoms with Gasteiger partial charge in [-0.1, -0.05) is 0 Å². The molecular weight excluding hydrogens is 192 g/mol. The van der Waals surface area contributed by atoms with Crippen LogP contribution in [0.15, 0.2) is 12.4 Å². The van der Waals surface area contributed by atoms with Crippen LogP contribution >= 0.6 is 0 Å². The molecule has 15 heavy (non-hydrogen) atoms. The van der Waals surface area contributed by atoms with Gasteiger partial charge in [-0.2, -0.15) is 0 Å². The first-order valence-corrected chi connectivity index (χ1v) is 5.45. The van der Waals surface area contributed by atoms with Gasteiger partial charge in [-0.15, -0.1) is 0 Å². The molecule has 1 aliphatic heterocycles. The van der Waals surface area contributed by atoms with Crippen molar-refractivity contribution in [2.75, 3.05) is 13.2 Å². The highest BCUT2D eigenvalue weighted by atomic mass is 16.7. The highest BCUT2D eigenvalue weighted by Crippen LogP contribution is 2.24. The summed E-state index contributed by atoms with van der Waals surface area (Å²) in [5.41, 5.74) is 0. The van der Waals surface area contributed by atoms with E-state index < -0.39 is 0 Å². The van der Waals surface area contributed by atoms with Crippen molar-refractivity contribution in [1.82, 2.24) is 9.55 Å². The lowest BCUT2D eigenvalue weighted by Gasteiger charge is -2.22. The Morgan fingerprint density at radius 2 is 2.20 bits per heavy atom.